The van der Waals surface area contributed by atoms with Crippen LogP contribution in [0.25, 0.3) is 0 Å². The number of hydrogen-bond acceptors (Lipinski definition) is 6. The summed E-state index contributed by atoms with van der Waals surface area (Å²) in [5.41, 5.74) is 5.21. The van der Waals surface area contributed by atoms with E-state index in [9.17, 15) is 4.79 Å². The monoisotopic (exact) mass is 252 g/mol. The third-order valence-electron chi connectivity index (χ3n) is 2.03. The molecule has 17 heavy (non-hydrogen) atoms. The minimum absolute atomic E-state index is 0.0329. The Kier molecular flexibility index (Phi) is 3.14. The highest BCUT2D eigenvalue weighted by atomic mass is 32.2. The van der Waals surface area contributed by atoms with Crippen LogP contribution in [0.5, 0.6) is 0 Å². The summed E-state index contributed by atoms with van der Waals surface area (Å²) < 4.78 is 1.56. The summed E-state index contributed by atoms with van der Waals surface area (Å²) >= 11 is 1.26. The van der Waals surface area contributed by atoms with Crippen LogP contribution in [0.15, 0.2) is 27.4 Å². The standard InChI is InChI=1S/C9H12N6OS/c1-5(2)15-8(16)13-14-9(15)17-7-4-11-6(10)3-12-7/h3-5H,1-2H3,(H2,10,11)(H,13,16). The zero-order chi connectivity index (χ0) is 12.4. The van der Waals surface area contributed by atoms with Gasteiger partial charge in [0.15, 0.2) is 5.16 Å². The summed E-state index contributed by atoms with van der Waals surface area (Å²) in [7, 11) is 0. The van der Waals surface area contributed by atoms with Crippen LogP contribution in [0.2, 0.25) is 0 Å². The number of nitrogens with zero attached hydrogens (tertiary/aromatic N) is 4. The summed E-state index contributed by atoms with van der Waals surface area (Å²) in [6, 6.07) is 0.0329. The van der Waals surface area contributed by atoms with E-state index in [1.54, 1.807) is 10.8 Å². The number of hydrogen-bond donors (Lipinski definition) is 2. The molecule has 0 amide bonds. The average molecular weight is 252 g/mol. The lowest BCUT2D eigenvalue weighted by atomic mass is 10.4. The van der Waals surface area contributed by atoms with Gasteiger partial charge in [-0.2, -0.15) is 0 Å². The van der Waals surface area contributed by atoms with Gasteiger partial charge >= 0.3 is 5.69 Å². The fraction of sp³-hybridized carbons (Fsp3) is 0.333. The van der Waals surface area contributed by atoms with Gasteiger partial charge in [0, 0.05) is 6.04 Å². The molecule has 7 nitrogen and oxygen atoms in total. The zero-order valence-corrected chi connectivity index (χ0v) is 10.2. The summed E-state index contributed by atoms with van der Waals surface area (Å²) in [4.78, 5) is 19.5. The van der Waals surface area contributed by atoms with Gasteiger partial charge in [0.2, 0.25) is 0 Å². The van der Waals surface area contributed by atoms with Crippen molar-refractivity contribution in [1.82, 2.24) is 24.7 Å². The smallest absolute Gasteiger partial charge is 0.344 e. The third kappa shape index (κ3) is 2.47. The van der Waals surface area contributed by atoms with Crippen molar-refractivity contribution in [3.8, 4) is 0 Å². The van der Waals surface area contributed by atoms with Crippen LogP contribution in [-0.2, 0) is 0 Å². The Morgan fingerprint density at radius 1 is 1.41 bits per heavy atom. The van der Waals surface area contributed by atoms with Gasteiger partial charge in [-0.25, -0.2) is 19.9 Å². The lowest BCUT2D eigenvalue weighted by Gasteiger charge is -2.07. The van der Waals surface area contributed by atoms with E-state index in [0.717, 1.165) is 0 Å². The summed E-state index contributed by atoms with van der Waals surface area (Å²) in [5.74, 6) is 0.359. The van der Waals surface area contributed by atoms with E-state index in [0.29, 0.717) is 16.0 Å². The molecule has 0 saturated heterocycles. The molecule has 0 radical (unpaired) electrons. The van der Waals surface area contributed by atoms with Crippen molar-refractivity contribution >= 4 is 17.6 Å². The molecule has 0 unspecified atom stereocenters. The van der Waals surface area contributed by atoms with Crippen LogP contribution >= 0.6 is 11.8 Å². The van der Waals surface area contributed by atoms with Crippen molar-refractivity contribution in [1.29, 1.82) is 0 Å². The molecule has 2 aromatic heterocycles. The Labute approximate surface area is 101 Å². The second-order valence-corrected chi connectivity index (χ2v) is 4.64. The predicted octanol–water partition coefficient (Wildman–Crippen LogP) is 0.676. The third-order valence-corrected chi connectivity index (χ3v) is 2.92. The minimum Gasteiger partial charge on any atom is -0.382 e. The molecule has 3 N–H and O–H groups in total. The molecular weight excluding hydrogens is 240 g/mol. The van der Waals surface area contributed by atoms with Gasteiger partial charge in [0.1, 0.15) is 10.8 Å². The largest absolute Gasteiger partial charge is 0.382 e. The Morgan fingerprint density at radius 2 is 2.18 bits per heavy atom. The predicted molar refractivity (Wildman–Crippen MR) is 63.8 cm³/mol. The molecule has 0 aromatic carbocycles. The number of nitrogens with one attached hydrogen (secondary N) is 1. The van der Waals surface area contributed by atoms with Gasteiger partial charge in [-0.3, -0.25) is 4.57 Å². The molecule has 0 spiro atoms. The topological polar surface area (TPSA) is 102 Å². The molecule has 0 atom stereocenters. The molecule has 2 rings (SSSR count). The lowest BCUT2D eigenvalue weighted by molar-refractivity contribution is 0.534. The van der Waals surface area contributed by atoms with E-state index in [1.165, 1.54) is 18.0 Å². The van der Waals surface area contributed by atoms with E-state index in [1.807, 2.05) is 13.8 Å². The highest BCUT2D eigenvalue weighted by Gasteiger charge is 2.13. The van der Waals surface area contributed by atoms with Crippen LogP contribution in [-0.4, -0.2) is 24.7 Å². The number of nitrogen functional groups attached to an aromatic ring is 1. The maximum Gasteiger partial charge on any atom is 0.344 e. The highest BCUT2D eigenvalue weighted by Crippen LogP contribution is 2.23. The van der Waals surface area contributed by atoms with Crippen LogP contribution in [0.4, 0.5) is 5.82 Å². The second kappa shape index (κ2) is 4.58. The van der Waals surface area contributed by atoms with Crippen molar-refractivity contribution in [2.24, 2.45) is 0 Å². The quantitative estimate of drug-likeness (QED) is 0.832. The minimum atomic E-state index is -0.231. The molecule has 0 bridgehead atoms. The molecule has 8 heteroatoms. The number of anilines is 1. The van der Waals surface area contributed by atoms with E-state index in [2.05, 4.69) is 20.2 Å². The van der Waals surface area contributed by atoms with Gasteiger partial charge in [0.05, 0.1) is 12.4 Å². The Bertz CT molecular complexity index is 558. The molecule has 0 fully saturated rings. The van der Waals surface area contributed by atoms with Gasteiger partial charge in [-0.1, -0.05) is 0 Å². The van der Waals surface area contributed by atoms with Crippen LogP contribution in [0.3, 0.4) is 0 Å². The van der Waals surface area contributed by atoms with Crippen molar-refractivity contribution < 1.29 is 0 Å². The van der Waals surface area contributed by atoms with Crippen LogP contribution in [0.1, 0.15) is 19.9 Å². The number of H-pyrrole nitrogens is 1. The normalized spacial score (nSPS) is 11.0. The molecule has 0 aliphatic carbocycles. The van der Waals surface area contributed by atoms with E-state index < -0.39 is 0 Å². The van der Waals surface area contributed by atoms with Gasteiger partial charge < -0.3 is 5.73 Å². The van der Waals surface area contributed by atoms with E-state index in [-0.39, 0.29) is 11.7 Å². The van der Waals surface area contributed by atoms with E-state index in [4.69, 9.17) is 5.73 Å². The first-order chi connectivity index (χ1) is 8.08. The van der Waals surface area contributed by atoms with Gasteiger partial charge in [-0.05, 0) is 25.6 Å². The van der Waals surface area contributed by atoms with Gasteiger partial charge in [-0.15, -0.1) is 5.10 Å². The number of rotatable bonds is 3. The average Bonchev–Trinajstić information content (AvgIpc) is 2.63. The zero-order valence-electron chi connectivity index (χ0n) is 9.41. The fourth-order valence-electron chi connectivity index (χ4n) is 1.29. The molecule has 90 valence electrons. The molecular formula is C9H12N6OS. The van der Waals surface area contributed by atoms with Crippen LogP contribution in [0, 0.1) is 0 Å². The molecule has 0 aliphatic rings. The van der Waals surface area contributed by atoms with Crippen molar-refractivity contribution in [3.63, 3.8) is 0 Å². The van der Waals surface area contributed by atoms with Crippen molar-refractivity contribution in [3.05, 3.63) is 22.9 Å². The summed E-state index contributed by atoms with van der Waals surface area (Å²) in [6.07, 6.45) is 3.01. The fourth-order valence-corrected chi connectivity index (χ4v) is 2.17. The molecule has 2 heterocycles. The molecule has 2 aromatic rings. The molecule has 0 saturated carbocycles. The Morgan fingerprint density at radius 3 is 2.76 bits per heavy atom. The molecule has 0 aliphatic heterocycles. The van der Waals surface area contributed by atoms with Crippen LogP contribution < -0.4 is 11.4 Å². The maximum atomic E-state index is 11.5. The first-order valence-electron chi connectivity index (χ1n) is 5.00. The van der Waals surface area contributed by atoms with Crippen molar-refractivity contribution in [2.75, 3.05) is 5.73 Å². The van der Waals surface area contributed by atoms with Crippen molar-refractivity contribution in [2.45, 2.75) is 30.1 Å². The summed E-state index contributed by atoms with van der Waals surface area (Å²) in [6.45, 7) is 3.82. The first-order valence-corrected chi connectivity index (χ1v) is 5.82. The van der Waals surface area contributed by atoms with E-state index >= 15 is 0 Å². The lowest BCUT2D eigenvalue weighted by Crippen LogP contribution is -2.19. The Balaban J connectivity index is 2.30. The maximum absolute atomic E-state index is 11.5. The van der Waals surface area contributed by atoms with Gasteiger partial charge in [0.25, 0.3) is 0 Å². The number of aromatic nitrogens is 5. The second-order valence-electron chi connectivity index (χ2n) is 3.66. The Hall–Kier alpha value is -1.83. The first kappa shape index (κ1) is 11.6. The number of aromatic amines is 1. The summed E-state index contributed by atoms with van der Waals surface area (Å²) in [5, 5.41) is 7.56. The number of nitrogens with two attached hydrogens (primary N) is 1. The highest BCUT2D eigenvalue weighted by molar-refractivity contribution is 7.99. The SMILES string of the molecule is CC(C)n1c(Sc2cnc(N)cn2)n[nH]c1=O.